The van der Waals surface area contributed by atoms with Crippen molar-refractivity contribution in [2.45, 2.75) is 12.8 Å². The van der Waals surface area contributed by atoms with Crippen LogP contribution in [0.4, 0.5) is 22.7 Å². The molecule has 1 aliphatic heterocycles. The Morgan fingerprint density at radius 1 is 0.718 bits per heavy atom. The molecule has 3 aliphatic rings. The molecule has 0 N–H and O–H groups in total. The first-order valence-electron chi connectivity index (χ1n) is 13.3. The maximum atomic E-state index is 15.2. The van der Waals surface area contributed by atoms with Crippen LogP contribution in [0.15, 0.2) is 84.9 Å². The summed E-state index contributed by atoms with van der Waals surface area (Å²) in [6, 6.07) is 24.3. The Kier molecular flexibility index (Phi) is 5.63. The zero-order valence-corrected chi connectivity index (χ0v) is 24.2. The molecule has 0 aromatic heterocycles. The third-order valence-electron chi connectivity index (χ3n) is 8.43. The van der Waals surface area contributed by atoms with E-state index < -0.39 is 14.9 Å². The van der Waals surface area contributed by atoms with E-state index in [0.717, 1.165) is 67.9 Å². The number of fused-ring (bicyclic) bond motifs is 8. The molecule has 0 saturated carbocycles. The van der Waals surface area contributed by atoms with Gasteiger partial charge < -0.3 is 18.9 Å². The Morgan fingerprint density at radius 2 is 1.46 bits per heavy atom. The standard InChI is InChI=1S/C33H30N2O2P2/c1-34-26-14-4-6-16-28(26)38(36)29-20-18-22-10-8-12-24(22)32(29)35(2)33-25-13-9-11-23(25)19-21-31(33)39(3,37)30-17-7-5-15-27(30)34/h4-10,13-21,38H,11-12H2,1-3H3. The lowest BCUT2D eigenvalue weighted by Crippen LogP contribution is -2.31. The molecule has 0 radical (unpaired) electrons. The molecule has 4 aromatic rings. The second-order valence-corrected chi connectivity index (χ2v) is 15.2. The number of anilines is 4. The highest BCUT2D eigenvalue weighted by atomic mass is 31.2. The van der Waals surface area contributed by atoms with E-state index in [2.05, 4.69) is 59.4 Å². The van der Waals surface area contributed by atoms with Gasteiger partial charge in [0.1, 0.15) is 14.9 Å². The van der Waals surface area contributed by atoms with Crippen LogP contribution in [0.3, 0.4) is 0 Å². The fourth-order valence-corrected chi connectivity index (χ4v) is 10.6. The first-order valence-corrected chi connectivity index (χ1v) is 16.9. The molecule has 194 valence electrons. The Balaban J connectivity index is 1.63. The Bertz CT molecular complexity index is 1820. The SMILES string of the molecule is CN1c2ccccc2[PH](=O)c2ccc3c(c2N(C)c2c(ccc4c2C=CC4)P(C)(=O)c2ccccc21)CC=C3. The van der Waals surface area contributed by atoms with Gasteiger partial charge in [-0.05, 0) is 72.6 Å². The highest BCUT2D eigenvalue weighted by molar-refractivity contribution is 7.78. The largest absolute Gasteiger partial charge is 0.343 e. The van der Waals surface area contributed by atoms with Crippen molar-refractivity contribution in [1.29, 1.82) is 0 Å². The van der Waals surface area contributed by atoms with Gasteiger partial charge in [0.25, 0.3) is 0 Å². The van der Waals surface area contributed by atoms with Crippen molar-refractivity contribution < 1.29 is 9.13 Å². The van der Waals surface area contributed by atoms with Crippen LogP contribution < -0.4 is 31.0 Å². The smallest absolute Gasteiger partial charge is 0.144 e. The normalized spacial score (nSPS) is 20.7. The van der Waals surface area contributed by atoms with E-state index in [0.29, 0.717) is 0 Å². The highest BCUT2D eigenvalue weighted by Crippen LogP contribution is 2.50. The van der Waals surface area contributed by atoms with Crippen molar-refractivity contribution in [3.8, 4) is 0 Å². The molecule has 2 unspecified atom stereocenters. The quantitative estimate of drug-likeness (QED) is 0.248. The number of para-hydroxylation sites is 2. The number of hydrogen-bond acceptors (Lipinski definition) is 4. The number of benzene rings is 4. The van der Waals surface area contributed by atoms with Crippen molar-refractivity contribution in [2.75, 3.05) is 30.6 Å². The lowest BCUT2D eigenvalue weighted by molar-refractivity contribution is 0.590. The summed E-state index contributed by atoms with van der Waals surface area (Å²) in [5.74, 6) is 0. The minimum atomic E-state index is -3.09. The van der Waals surface area contributed by atoms with Gasteiger partial charge in [0.2, 0.25) is 0 Å². The second-order valence-electron chi connectivity index (χ2n) is 10.6. The molecule has 4 aromatic carbocycles. The van der Waals surface area contributed by atoms with E-state index >= 15 is 4.57 Å². The first kappa shape index (κ1) is 24.5. The summed E-state index contributed by atoms with van der Waals surface area (Å²) in [5.41, 5.74) is 8.33. The zero-order chi connectivity index (χ0) is 26.9. The molecule has 0 amide bonds. The monoisotopic (exact) mass is 548 g/mol. The van der Waals surface area contributed by atoms with Crippen LogP contribution in [0.1, 0.15) is 22.3 Å². The van der Waals surface area contributed by atoms with Gasteiger partial charge in [-0.15, -0.1) is 0 Å². The molecule has 2 atom stereocenters. The number of hydrogen-bond donors (Lipinski definition) is 0. The van der Waals surface area contributed by atoms with E-state index in [-0.39, 0.29) is 0 Å². The average molecular weight is 549 g/mol. The fraction of sp³-hybridized carbons (Fsp3) is 0.152. The van der Waals surface area contributed by atoms with Gasteiger partial charge in [0.15, 0.2) is 0 Å². The van der Waals surface area contributed by atoms with Gasteiger partial charge in [0, 0.05) is 40.9 Å². The molecular weight excluding hydrogens is 518 g/mol. The van der Waals surface area contributed by atoms with Crippen LogP contribution in [-0.4, -0.2) is 20.8 Å². The van der Waals surface area contributed by atoms with E-state index in [1.54, 1.807) is 0 Å². The van der Waals surface area contributed by atoms with Crippen molar-refractivity contribution in [3.05, 3.63) is 107 Å². The molecule has 0 saturated heterocycles. The summed E-state index contributed by atoms with van der Waals surface area (Å²) < 4.78 is 29.8. The Morgan fingerprint density at radius 3 is 2.31 bits per heavy atom. The summed E-state index contributed by atoms with van der Waals surface area (Å²) in [6.45, 7) is 1.90. The summed E-state index contributed by atoms with van der Waals surface area (Å²) >= 11 is 0. The van der Waals surface area contributed by atoms with Gasteiger partial charge in [-0.3, -0.25) is 0 Å². The van der Waals surface area contributed by atoms with Gasteiger partial charge in [0.05, 0.1) is 22.7 Å². The van der Waals surface area contributed by atoms with Crippen LogP contribution in [-0.2, 0) is 22.0 Å². The van der Waals surface area contributed by atoms with E-state index in [9.17, 15) is 4.57 Å². The van der Waals surface area contributed by atoms with Crippen molar-refractivity contribution in [1.82, 2.24) is 0 Å². The average Bonchev–Trinajstić information content (AvgIpc) is 3.64. The number of nitrogens with zero attached hydrogens (tertiary/aromatic N) is 2. The molecule has 1 heterocycles. The second kappa shape index (κ2) is 8.98. The molecule has 6 heteroatoms. The maximum Gasteiger partial charge on any atom is 0.144 e. The topological polar surface area (TPSA) is 40.6 Å². The van der Waals surface area contributed by atoms with Crippen molar-refractivity contribution in [2.24, 2.45) is 0 Å². The van der Waals surface area contributed by atoms with Gasteiger partial charge in [-0.1, -0.05) is 60.7 Å². The maximum absolute atomic E-state index is 15.2. The minimum absolute atomic E-state index is 0.784. The van der Waals surface area contributed by atoms with Crippen LogP contribution in [0.2, 0.25) is 0 Å². The summed E-state index contributed by atoms with van der Waals surface area (Å²) in [4.78, 5) is 4.26. The van der Waals surface area contributed by atoms with E-state index in [1.807, 2.05) is 68.3 Å². The molecule has 39 heavy (non-hydrogen) atoms. The summed E-state index contributed by atoms with van der Waals surface area (Å²) in [5, 5.41) is 3.29. The van der Waals surface area contributed by atoms with Crippen LogP contribution in [0, 0.1) is 0 Å². The van der Waals surface area contributed by atoms with E-state index in [1.165, 1.54) is 11.1 Å². The molecule has 0 spiro atoms. The molecule has 7 rings (SSSR count). The minimum Gasteiger partial charge on any atom is -0.343 e. The predicted octanol–water partition coefficient (Wildman–Crippen LogP) is 6.13. The summed E-state index contributed by atoms with van der Waals surface area (Å²) in [7, 11) is -1.44. The van der Waals surface area contributed by atoms with Crippen LogP contribution in [0.5, 0.6) is 0 Å². The summed E-state index contributed by atoms with van der Waals surface area (Å²) in [6.07, 6.45) is 10.3. The third kappa shape index (κ3) is 3.59. The zero-order valence-electron chi connectivity index (χ0n) is 22.3. The highest BCUT2D eigenvalue weighted by Gasteiger charge is 2.35. The first-order chi connectivity index (χ1) is 18.9. The Hall–Kier alpha value is -3.58. The molecule has 4 nitrogen and oxygen atoms in total. The fourth-order valence-electron chi connectivity index (χ4n) is 6.48. The molecule has 0 fully saturated rings. The Labute approximate surface area is 230 Å². The van der Waals surface area contributed by atoms with E-state index in [4.69, 9.17) is 0 Å². The predicted molar refractivity (Wildman–Crippen MR) is 168 cm³/mol. The van der Waals surface area contributed by atoms with Crippen LogP contribution in [0.25, 0.3) is 12.2 Å². The molecule has 2 aliphatic carbocycles. The van der Waals surface area contributed by atoms with Gasteiger partial charge in [-0.2, -0.15) is 0 Å². The lowest BCUT2D eigenvalue weighted by Gasteiger charge is -2.34. The van der Waals surface area contributed by atoms with Crippen LogP contribution >= 0.6 is 14.9 Å². The number of allylic oxidation sites excluding steroid dienone is 2. The molecule has 0 bridgehead atoms. The van der Waals surface area contributed by atoms with Gasteiger partial charge >= 0.3 is 0 Å². The van der Waals surface area contributed by atoms with Gasteiger partial charge in [-0.25, -0.2) is 0 Å². The lowest BCUT2D eigenvalue weighted by atomic mass is 10.0. The molecular formula is C33H30N2O2P2. The number of rotatable bonds is 0. The third-order valence-corrected chi connectivity index (χ3v) is 12.8. The van der Waals surface area contributed by atoms with Crippen molar-refractivity contribution >= 4 is 71.1 Å². The van der Waals surface area contributed by atoms with Crippen molar-refractivity contribution in [3.63, 3.8) is 0 Å².